The Bertz CT molecular complexity index is 1090. The first-order valence-corrected chi connectivity index (χ1v) is 9.88. The van der Waals surface area contributed by atoms with Gasteiger partial charge in [0.1, 0.15) is 5.75 Å². The Balaban J connectivity index is 1.92. The highest BCUT2D eigenvalue weighted by Gasteiger charge is 2.12. The molecule has 0 aliphatic carbocycles. The molecular weight excluding hydrogens is 378 g/mol. The van der Waals surface area contributed by atoms with E-state index in [1.54, 1.807) is 25.3 Å². The number of amides is 1. The minimum Gasteiger partial charge on any atom is -0.493 e. The molecular formula is C23H27N5O2. The minimum atomic E-state index is -0.193. The summed E-state index contributed by atoms with van der Waals surface area (Å²) in [6.07, 6.45) is 2.28. The van der Waals surface area contributed by atoms with Gasteiger partial charge in [-0.3, -0.25) is 9.78 Å². The molecule has 7 heteroatoms. The molecule has 0 fully saturated rings. The van der Waals surface area contributed by atoms with Crippen molar-refractivity contribution in [1.82, 2.24) is 15.3 Å². The van der Waals surface area contributed by atoms with Crippen LogP contribution in [0.15, 0.2) is 54.0 Å². The average Bonchev–Trinajstić information content (AvgIpc) is 2.73. The topological polar surface area (TPSA) is 116 Å². The number of carbonyl (C=O) groups excluding carboxylic acids is 1. The van der Waals surface area contributed by atoms with Crippen LogP contribution in [0.1, 0.15) is 36.3 Å². The van der Waals surface area contributed by atoms with E-state index in [4.69, 9.17) is 21.2 Å². The third-order valence-corrected chi connectivity index (χ3v) is 4.73. The van der Waals surface area contributed by atoms with E-state index in [9.17, 15) is 4.79 Å². The summed E-state index contributed by atoms with van der Waals surface area (Å²) in [6.45, 7) is 6.55. The van der Waals surface area contributed by atoms with Crippen molar-refractivity contribution in [2.24, 2.45) is 11.5 Å². The molecule has 0 saturated carbocycles. The summed E-state index contributed by atoms with van der Waals surface area (Å²) < 4.78 is 5.83. The lowest BCUT2D eigenvalue weighted by Crippen LogP contribution is -2.26. The van der Waals surface area contributed by atoms with E-state index in [0.29, 0.717) is 42.0 Å². The molecule has 0 radical (unpaired) electrons. The fraction of sp³-hybridized carbons (Fsp3) is 0.261. The third-order valence-electron chi connectivity index (χ3n) is 4.73. The number of nitrogens with zero attached hydrogens (tertiary/aromatic N) is 2. The first-order valence-electron chi connectivity index (χ1n) is 9.88. The van der Waals surface area contributed by atoms with Crippen molar-refractivity contribution in [1.29, 1.82) is 0 Å². The largest absolute Gasteiger partial charge is 0.493 e. The van der Waals surface area contributed by atoms with Crippen LogP contribution in [0.5, 0.6) is 5.75 Å². The van der Waals surface area contributed by atoms with Crippen LogP contribution in [0.4, 0.5) is 0 Å². The maximum Gasteiger partial charge on any atom is 0.251 e. The SMILES string of the molecule is CCOc1cc(-c2ccc(C)nc2)nc2cc(C(=O)NCC/C(N)=C(\C)N)ccc12. The van der Waals surface area contributed by atoms with Crippen LogP contribution in [0, 0.1) is 6.92 Å². The molecule has 1 aromatic carbocycles. The van der Waals surface area contributed by atoms with Gasteiger partial charge >= 0.3 is 0 Å². The van der Waals surface area contributed by atoms with Gasteiger partial charge in [-0.05, 0) is 51.1 Å². The van der Waals surface area contributed by atoms with Gasteiger partial charge in [-0.25, -0.2) is 4.98 Å². The van der Waals surface area contributed by atoms with Gasteiger partial charge in [-0.1, -0.05) is 0 Å². The van der Waals surface area contributed by atoms with Gasteiger partial charge in [-0.15, -0.1) is 0 Å². The van der Waals surface area contributed by atoms with E-state index in [-0.39, 0.29) is 5.91 Å². The molecule has 0 saturated heterocycles. The number of benzene rings is 1. The van der Waals surface area contributed by atoms with Crippen molar-refractivity contribution in [3.05, 3.63) is 65.2 Å². The maximum absolute atomic E-state index is 12.6. The zero-order chi connectivity index (χ0) is 21.7. The molecule has 2 heterocycles. The summed E-state index contributed by atoms with van der Waals surface area (Å²) in [5.74, 6) is 0.530. The molecule has 3 aromatic rings. The summed E-state index contributed by atoms with van der Waals surface area (Å²) in [5.41, 5.74) is 16.4. The lowest BCUT2D eigenvalue weighted by molar-refractivity contribution is 0.0954. The molecule has 0 aliphatic heterocycles. The number of hydrogen-bond acceptors (Lipinski definition) is 6. The fourth-order valence-corrected chi connectivity index (χ4v) is 2.99. The van der Waals surface area contributed by atoms with Gasteiger partial charge in [0.15, 0.2) is 0 Å². The second-order valence-corrected chi connectivity index (χ2v) is 7.07. The van der Waals surface area contributed by atoms with Crippen LogP contribution in [0.25, 0.3) is 22.2 Å². The van der Waals surface area contributed by atoms with Crippen LogP contribution in [0.3, 0.4) is 0 Å². The molecule has 1 amide bonds. The zero-order valence-electron chi connectivity index (χ0n) is 17.5. The van der Waals surface area contributed by atoms with Gasteiger partial charge in [0.05, 0.1) is 17.8 Å². The Morgan fingerprint density at radius 1 is 1.17 bits per heavy atom. The lowest BCUT2D eigenvalue weighted by atomic mass is 10.1. The zero-order valence-corrected chi connectivity index (χ0v) is 17.5. The number of carbonyl (C=O) groups is 1. The number of ether oxygens (including phenoxy) is 1. The van der Waals surface area contributed by atoms with Gasteiger partial charge in [-0.2, -0.15) is 0 Å². The summed E-state index contributed by atoms with van der Waals surface area (Å²) in [6, 6.07) is 11.2. The smallest absolute Gasteiger partial charge is 0.251 e. The Morgan fingerprint density at radius 3 is 2.63 bits per heavy atom. The second-order valence-electron chi connectivity index (χ2n) is 7.07. The monoisotopic (exact) mass is 405 g/mol. The molecule has 0 atom stereocenters. The molecule has 0 unspecified atom stereocenters. The molecule has 156 valence electrons. The molecule has 30 heavy (non-hydrogen) atoms. The number of rotatable bonds is 7. The summed E-state index contributed by atoms with van der Waals surface area (Å²) >= 11 is 0. The van der Waals surface area contributed by atoms with Gasteiger partial charge in [0, 0.05) is 58.8 Å². The third kappa shape index (κ3) is 4.86. The predicted octanol–water partition coefficient (Wildman–Crippen LogP) is 3.27. The maximum atomic E-state index is 12.6. The number of fused-ring (bicyclic) bond motifs is 1. The molecule has 0 bridgehead atoms. The normalized spacial score (nSPS) is 11.8. The highest BCUT2D eigenvalue weighted by atomic mass is 16.5. The molecule has 2 aromatic heterocycles. The van der Waals surface area contributed by atoms with E-state index in [0.717, 1.165) is 28.1 Å². The van der Waals surface area contributed by atoms with Crippen molar-refractivity contribution < 1.29 is 9.53 Å². The summed E-state index contributed by atoms with van der Waals surface area (Å²) in [7, 11) is 0. The standard InChI is InChI=1S/C23H27N5O2/c1-4-30-22-12-20(17-6-5-14(2)27-13-17)28-21-11-16(7-8-18(21)22)23(29)26-10-9-19(25)15(3)24/h5-8,11-13H,4,9-10,24-25H2,1-3H3,(H,26,29)/b19-15-. The summed E-state index contributed by atoms with van der Waals surface area (Å²) in [5, 5.41) is 3.71. The minimum absolute atomic E-state index is 0.193. The number of allylic oxidation sites excluding steroid dienone is 1. The second kappa shape index (κ2) is 9.26. The molecule has 3 rings (SSSR count). The first kappa shape index (κ1) is 21.1. The van der Waals surface area contributed by atoms with Gasteiger partial charge < -0.3 is 21.5 Å². The van der Waals surface area contributed by atoms with Crippen LogP contribution < -0.4 is 21.5 Å². The fourth-order valence-electron chi connectivity index (χ4n) is 2.99. The van der Waals surface area contributed by atoms with Crippen molar-refractivity contribution in [3.8, 4) is 17.0 Å². The van der Waals surface area contributed by atoms with Gasteiger partial charge in [0.2, 0.25) is 0 Å². The van der Waals surface area contributed by atoms with Crippen molar-refractivity contribution in [3.63, 3.8) is 0 Å². The number of nitrogens with two attached hydrogens (primary N) is 2. The van der Waals surface area contributed by atoms with Crippen LogP contribution in [0.2, 0.25) is 0 Å². The van der Waals surface area contributed by atoms with Crippen molar-refractivity contribution in [2.75, 3.05) is 13.2 Å². The molecule has 5 N–H and O–H groups in total. The van der Waals surface area contributed by atoms with E-state index in [1.165, 1.54) is 0 Å². The number of hydrogen-bond donors (Lipinski definition) is 3. The number of aryl methyl sites for hydroxylation is 1. The van der Waals surface area contributed by atoms with Crippen molar-refractivity contribution in [2.45, 2.75) is 27.2 Å². The van der Waals surface area contributed by atoms with E-state index in [1.807, 2.05) is 38.1 Å². The Kier molecular flexibility index (Phi) is 6.51. The van der Waals surface area contributed by atoms with E-state index in [2.05, 4.69) is 10.3 Å². The first-order chi connectivity index (χ1) is 14.4. The molecule has 0 aliphatic rings. The quantitative estimate of drug-likeness (QED) is 0.555. The van der Waals surface area contributed by atoms with Gasteiger partial charge in [0.25, 0.3) is 5.91 Å². The molecule has 0 spiro atoms. The van der Waals surface area contributed by atoms with Crippen molar-refractivity contribution >= 4 is 16.8 Å². The predicted molar refractivity (Wildman–Crippen MR) is 119 cm³/mol. The average molecular weight is 406 g/mol. The Morgan fingerprint density at radius 2 is 1.97 bits per heavy atom. The Hall–Kier alpha value is -3.61. The highest BCUT2D eigenvalue weighted by molar-refractivity contribution is 5.99. The number of nitrogens with one attached hydrogen (secondary N) is 1. The van der Waals surface area contributed by atoms with E-state index < -0.39 is 0 Å². The highest BCUT2D eigenvalue weighted by Crippen LogP contribution is 2.30. The molecule has 7 nitrogen and oxygen atoms in total. The van der Waals surface area contributed by atoms with Crippen LogP contribution in [-0.2, 0) is 0 Å². The number of pyridine rings is 2. The van der Waals surface area contributed by atoms with E-state index >= 15 is 0 Å². The Labute approximate surface area is 176 Å². The van der Waals surface area contributed by atoms with Crippen LogP contribution >= 0.6 is 0 Å². The summed E-state index contributed by atoms with van der Waals surface area (Å²) in [4.78, 5) is 21.7. The lowest BCUT2D eigenvalue weighted by Gasteiger charge is -2.12. The number of aromatic nitrogens is 2. The van der Waals surface area contributed by atoms with Crippen LogP contribution in [-0.4, -0.2) is 29.0 Å².